The molecule has 2 N–H and O–H groups in total. The van der Waals surface area contributed by atoms with Crippen LogP contribution in [0.5, 0.6) is 0 Å². The maximum atomic E-state index is 13.5. The van der Waals surface area contributed by atoms with E-state index < -0.39 is 11.6 Å². The summed E-state index contributed by atoms with van der Waals surface area (Å²) in [4.78, 5) is 0. The molecule has 1 heterocycles. The third-order valence-corrected chi connectivity index (χ3v) is 3.45. The molecule has 1 aliphatic heterocycles. The van der Waals surface area contributed by atoms with Crippen LogP contribution >= 0.6 is 0 Å². The van der Waals surface area contributed by atoms with Gasteiger partial charge in [0.05, 0.1) is 0 Å². The topological polar surface area (TPSA) is 24.1 Å². The molecule has 0 aromatic heterocycles. The van der Waals surface area contributed by atoms with E-state index in [9.17, 15) is 8.78 Å². The summed E-state index contributed by atoms with van der Waals surface area (Å²) in [6, 6.07) is 4.58. The van der Waals surface area contributed by atoms with Gasteiger partial charge in [-0.15, -0.1) is 0 Å². The fourth-order valence-corrected chi connectivity index (χ4v) is 2.38. The lowest BCUT2D eigenvalue weighted by molar-refractivity contribution is 0.462. The summed E-state index contributed by atoms with van der Waals surface area (Å²) in [6.07, 6.45) is 2.77. The average molecular weight is 254 g/mol. The largest absolute Gasteiger partial charge is 0.313 e. The van der Waals surface area contributed by atoms with Crippen LogP contribution in [0.15, 0.2) is 18.2 Å². The first kappa shape index (κ1) is 13.4. The molecule has 2 rings (SSSR count). The predicted octanol–water partition coefficient (Wildman–Crippen LogP) is 2.24. The fourth-order valence-electron chi connectivity index (χ4n) is 2.38. The van der Waals surface area contributed by atoms with Crippen molar-refractivity contribution in [1.29, 1.82) is 0 Å². The van der Waals surface area contributed by atoms with E-state index in [0.29, 0.717) is 12.5 Å². The van der Waals surface area contributed by atoms with Gasteiger partial charge in [-0.2, -0.15) is 0 Å². The molecule has 0 spiro atoms. The van der Waals surface area contributed by atoms with Gasteiger partial charge in [0.2, 0.25) is 0 Å². The standard InChI is InChI=1S/C14H20F2N2/c1-10(18-9-11-4-3-7-17-11)8-12-13(15)5-2-6-14(12)16/h2,5-6,10-11,17-18H,3-4,7-9H2,1H3. The van der Waals surface area contributed by atoms with Crippen molar-refractivity contribution in [2.24, 2.45) is 0 Å². The molecule has 0 aliphatic carbocycles. The molecule has 0 bridgehead atoms. The SMILES string of the molecule is CC(Cc1c(F)cccc1F)NCC1CCCN1. The highest BCUT2D eigenvalue weighted by Gasteiger charge is 2.16. The first-order chi connectivity index (χ1) is 8.66. The Morgan fingerprint density at radius 2 is 2.11 bits per heavy atom. The van der Waals surface area contributed by atoms with Gasteiger partial charge in [-0.3, -0.25) is 0 Å². The molecule has 100 valence electrons. The van der Waals surface area contributed by atoms with E-state index in [2.05, 4.69) is 10.6 Å². The molecular formula is C14H20F2N2. The molecule has 1 fully saturated rings. The average Bonchev–Trinajstić information content (AvgIpc) is 2.84. The van der Waals surface area contributed by atoms with Gasteiger partial charge in [0.25, 0.3) is 0 Å². The molecule has 1 saturated heterocycles. The van der Waals surface area contributed by atoms with E-state index in [1.807, 2.05) is 6.92 Å². The van der Waals surface area contributed by atoms with Crippen LogP contribution in [-0.2, 0) is 6.42 Å². The molecule has 1 aliphatic rings. The van der Waals surface area contributed by atoms with Crippen LogP contribution in [0.25, 0.3) is 0 Å². The summed E-state index contributed by atoms with van der Waals surface area (Å²) in [5.74, 6) is -0.912. The van der Waals surface area contributed by atoms with Crippen molar-refractivity contribution < 1.29 is 8.78 Å². The van der Waals surface area contributed by atoms with Crippen molar-refractivity contribution in [3.05, 3.63) is 35.4 Å². The van der Waals surface area contributed by atoms with Crippen LogP contribution in [0.2, 0.25) is 0 Å². The van der Waals surface area contributed by atoms with Crippen molar-refractivity contribution in [3.63, 3.8) is 0 Å². The third kappa shape index (κ3) is 3.50. The van der Waals surface area contributed by atoms with E-state index >= 15 is 0 Å². The maximum Gasteiger partial charge on any atom is 0.129 e. The molecule has 18 heavy (non-hydrogen) atoms. The Kier molecular flexibility index (Phi) is 4.66. The number of hydrogen-bond acceptors (Lipinski definition) is 2. The lowest BCUT2D eigenvalue weighted by atomic mass is 10.1. The lowest BCUT2D eigenvalue weighted by Gasteiger charge is -2.18. The van der Waals surface area contributed by atoms with E-state index in [1.165, 1.54) is 31.0 Å². The zero-order chi connectivity index (χ0) is 13.0. The van der Waals surface area contributed by atoms with Crippen molar-refractivity contribution in [2.45, 2.75) is 38.3 Å². The Labute approximate surface area is 107 Å². The van der Waals surface area contributed by atoms with Crippen molar-refractivity contribution in [3.8, 4) is 0 Å². The van der Waals surface area contributed by atoms with Crippen LogP contribution in [0.1, 0.15) is 25.3 Å². The zero-order valence-electron chi connectivity index (χ0n) is 10.7. The third-order valence-electron chi connectivity index (χ3n) is 3.45. The van der Waals surface area contributed by atoms with Gasteiger partial charge in [0, 0.05) is 24.2 Å². The second kappa shape index (κ2) is 6.25. The van der Waals surface area contributed by atoms with Gasteiger partial charge in [0.15, 0.2) is 0 Å². The van der Waals surface area contributed by atoms with Gasteiger partial charge >= 0.3 is 0 Å². The first-order valence-corrected chi connectivity index (χ1v) is 6.56. The monoisotopic (exact) mass is 254 g/mol. The summed E-state index contributed by atoms with van der Waals surface area (Å²) in [5.41, 5.74) is 0.178. The van der Waals surface area contributed by atoms with Gasteiger partial charge in [-0.1, -0.05) is 6.07 Å². The molecule has 1 aromatic rings. The lowest BCUT2D eigenvalue weighted by Crippen LogP contribution is -2.39. The molecule has 2 nitrogen and oxygen atoms in total. The van der Waals surface area contributed by atoms with E-state index in [-0.39, 0.29) is 11.6 Å². The summed E-state index contributed by atoms with van der Waals surface area (Å²) in [7, 11) is 0. The molecule has 0 radical (unpaired) electrons. The van der Waals surface area contributed by atoms with Crippen LogP contribution in [-0.4, -0.2) is 25.2 Å². The van der Waals surface area contributed by atoms with Gasteiger partial charge in [-0.25, -0.2) is 8.78 Å². The molecule has 4 heteroatoms. The summed E-state index contributed by atoms with van der Waals surface area (Å²) in [6.45, 7) is 3.89. The van der Waals surface area contributed by atoms with Crippen LogP contribution in [0, 0.1) is 11.6 Å². The smallest absolute Gasteiger partial charge is 0.129 e. The Hall–Kier alpha value is -1.00. The summed E-state index contributed by atoms with van der Waals surface area (Å²) >= 11 is 0. The second-order valence-corrected chi connectivity index (χ2v) is 5.01. The Bertz CT molecular complexity index is 369. The Morgan fingerprint density at radius 1 is 1.39 bits per heavy atom. The van der Waals surface area contributed by atoms with E-state index in [4.69, 9.17) is 0 Å². The molecule has 1 aromatic carbocycles. The van der Waals surface area contributed by atoms with Gasteiger partial charge in [-0.05, 0) is 44.9 Å². The number of rotatable bonds is 5. The maximum absolute atomic E-state index is 13.5. The highest BCUT2D eigenvalue weighted by atomic mass is 19.1. The fraction of sp³-hybridized carbons (Fsp3) is 0.571. The second-order valence-electron chi connectivity index (χ2n) is 5.01. The summed E-state index contributed by atoms with van der Waals surface area (Å²) in [5, 5.41) is 6.72. The number of halogens is 2. The Morgan fingerprint density at radius 3 is 2.72 bits per heavy atom. The van der Waals surface area contributed by atoms with E-state index in [1.54, 1.807) is 0 Å². The number of hydrogen-bond donors (Lipinski definition) is 2. The number of benzene rings is 1. The highest BCUT2D eigenvalue weighted by molar-refractivity contribution is 5.20. The molecule has 0 saturated carbocycles. The number of nitrogens with one attached hydrogen (secondary N) is 2. The van der Waals surface area contributed by atoms with Crippen molar-refractivity contribution in [1.82, 2.24) is 10.6 Å². The van der Waals surface area contributed by atoms with Gasteiger partial charge in [0.1, 0.15) is 11.6 Å². The zero-order valence-corrected chi connectivity index (χ0v) is 10.7. The molecule has 2 unspecified atom stereocenters. The highest BCUT2D eigenvalue weighted by Crippen LogP contribution is 2.14. The quantitative estimate of drug-likeness (QED) is 0.842. The van der Waals surface area contributed by atoms with Gasteiger partial charge < -0.3 is 10.6 Å². The normalized spacial score (nSPS) is 21.2. The molecular weight excluding hydrogens is 234 g/mol. The van der Waals surface area contributed by atoms with Crippen LogP contribution in [0.4, 0.5) is 8.78 Å². The van der Waals surface area contributed by atoms with Crippen molar-refractivity contribution in [2.75, 3.05) is 13.1 Å². The van der Waals surface area contributed by atoms with Crippen LogP contribution in [0.3, 0.4) is 0 Å². The Balaban J connectivity index is 1.84. The molecule has 0 amide bonds. The van der Waals surface area contributed by atoms with E-state index in [0.717, 1.165) is 13.1 Å². The van der Waals surface area contributed by atoms with Crippen molar-refractivity contribution >= 4 is 0 Å². The summed E-state index contributed by atoms with van der Waals surface area (Å²) < 4.78 is 26.9. The minimum Gasteiger partial charge on any atom is -0.313 e. The molecule has 2 atom stereocenters. The van der Waals surface area contributed by atoms with Crippen LogP contribution < -0.4 is 10.6 Å². The minimum atomic E-state index is -0.456. The first-order valence-electron chi connectivity index (χ1n) is 6.56. The predicted molar refractivity (Wildman–Crippen MR) is 68.6 cm³/mol. The minimum absolute atomic E-state index is 0.0683.